The summed E-state index contributed by atoms with van der Waals surface area (Å²) in [5.41, 5.74) is 0. The minimum absolute atomic E-state index is 0.0606. The number of ether oxygens (including phenoxy) is 1. The largest absolute Gasteiger partial charge is 0.466 e. The number of rotatable bonds is 11. The Bertz CT molecular complexity index is 630. The second-order valence-corrected chi connectivity index (χ2v) is 9.87. The number of carbonyl (C=O) groups is 3. The van der Waals surface area contributed by atoms with Crippen LogP contribution >= 0.6 is 11.8 Å². The highest BCUT2D eigenvalue weighted by Crippen LogP contribution is 2.66. The molecule has 164 valence electrons. The fraction of sp³-hybridized carbons (Fsp3) is 0.857. The summed E-state index contributed by atoms with van der Waals surface area (Å²) in [7, 11) is 0. The number of amides is 2. The number of carbonyl (C=O) groups excluding carboxylic acids is 3. The number of thioether (sulfide) groups is 1. The molecule has 3 rings (SSSR count). The van der Waals surface area contributed by atoms with Gasteiger partial charge in [0.05, 0.1) is 23.2 Å². The molecule has 0 radical (unpaired) electrons. The normalized spacial score (nSPS) is 32.5. The van der Waals surface area contributed by atoms with Crippen molar-refractivity contribution in [3.8, 4) is 0 Å². The van der Waals surface area contributed by atoms with Gasteiger partial charge in [0.15, 0.2) is 0 Å². The van der Waals surface area contributed by atoms with Gasteiger partial charge < -0.3 is 20.1 Å². The third-order valence-electron chi connectivity index (χ3n) is 6.49. The summed E-state index contributed by atoms with van der Waals surface area (Å²) in [5, 5.41) is 12.1. The first-order valence-corrected chi connectivity index (χ1v) is 11.9. The van der Waals surface area contributed by atoms with Crippen LogP contribution in [0.1, 0.15) is 58.8 Å². The molecule has 1 spiro atoms. The van der Waals surface area contributed by atoms with E-state index in [9.17, 15) is 14.4 Å². The van der Waals surface area contributed by atoms with Crippen molar-refractivity contribution in [2.45, 2.75) is 74.8 Å². The number of fused-ring (bicyclic) bond motifs is 1. The zero-order valence-electron chi connectivity index (χ0n) is 17.5. The minimum Gasteiger partial charge on any atom is -0.466 e. The quantitative estimate of drug-likeness (QED) is 0.386. The van der Waals surface area contributed by atoms with Gasteiger partial charge in [-0.1, -0.05) is 13.3 Å². The molecule has 0 aromatic heterocycles. The highest BCUT2D eigenvalue weighted by Gasteiger charge is 2.73. The van der Waals surface area contributed by atoms with E-state index in [1.807, 2.05) is 0 Å². The van der Waals surface area contributed by atoms with Crippen molar-refractivity contribution in [2.24, 2.45) is 11.8 Å². The highest BCUT2D eigenvalue weighted by atomic mass is 32.2. The van der Waals surface area contributed by atoms with E-state index < -0.39 is 22.6 Å². The van der Waals surface area contributed by atoms with Crippen LogP contribution in [0.15, 0.2) is 0 Å². The fourth-order valence-corrected chi connectivity index (χ4v) is 7.46. The number of aliphatic hydroxyl groups excluding tert-OH is 1. The minimum atomic E-state index is -0.527. The molecule has 8 heteroatoms. The van der Waals surface area contributed by atoms with Gasteiger partial charge in [0, 0.05) is 24.9 Å². The van der Waals surface area contributed by atoms with E-state index in [0.29, 0.717) is 26.1 Å². The van der Waals surface area contributed by atoms with Crippen molar-refractivity contribution < 1.29 is 24.2 Å². The third-order valence-corrected chi connectivity index (χ3v) is 8.45. The molecule has 0 aromatic rings. The molecule has 0 aliphatic carbocycles. The number of likely N-dealkylation sites (tertiary alicyclic amines) is 1. The first kappa shape index (κ1) is 22.4. The zero-order chi connectivity index (χ0) is 21.0. The van der Waals surface area contributed by atoms with Gasteiger partial charge in [-0.15, -0.1) is 11.8 Å². The Labute approximate surface area is 177 Å². The Hall–Kier alpha value is -1.28. The molecule has 2 bridgehead atoms. The molecular formula is C21H34N2O5S. The maximum absolute atomic E-state index is 13.5. The van der Waals surface area contributed by atoms with E-state index in [1.165, 1.54) is 0 Å². The van der Waals surface area contributed by atoms with Gasteiger partial charge in [-0.2, -0.15) is 0 Å². The topological polar surface area (TPSA) is 95.9 Å². The molecule has 2 amide bonds. The van der Waals surface area contributed by atoms with Gasteiger partial charge in [-0.05, 0) is 45.4 Å². The maximum Gasteiger partial charge on any atom is 0.310 e. The van der Waals surface area contributed by atoms with Gasteiger partial charge in [0.1, 0.15) is 6.04 Å². The molecule has 3 fully saturated rings. The average molecular weight is 427 g/mol. The highest BCUT2D eigenvalue weighted by molar-refractivity contribution is 8.02. The zero-order valence-corrected chi connectivity index (χ0v) is 18.3. The molecule has 7 nitrogen and oxygen atoms in total. The van der Waals surface area contributed by atoms with Crippen LogP contribution in [0.25, 0.3) is 0 Å². The Morgan fingerprint density at radius 2 is 2.07 bits per heavy atom. The monoisotopic (exact) mass is 426 g/mol. The summed E-state index contributed by atoms with van der Waals surface area (Å²) in [4.78, 5) is 41.1. The number of aliphatic hydroxyl groups is 1. The molecule has 3 aliphatic heterocycles. The number of esters is 1. The second-order valence-electron chi connectivity index (χ2n) is 8.27. The molecule has 0 aromatic carbocycles. The lowest BCUT2D eigenvalue weighted by Crippen LogP contribution is -2.53. The summed E-state index contributed by atoms with van der Waals surface area (Å²) < 4.78 is 4.78. The standard InChI is InChI=1S/C21H34N2O5S/c1-3-5-11-22-18(25)17-21-10-9-14(29-21)15(20(27)28-4-2)16(21)19(26)23(17)12-7-6-8-13-24/h14-17,24H,3-13H2,1-2H3,(H,22,25)/t14-,15+,16+,17?,21?/m1/s1. The molecule has 0 saturated carbocycles. The van der Waals surface area contributed by atoms with E-state index in [4.69, 9.17) is 9.84 Å². The SMILES string of the molecule is CCCCNC(=O)C1N(CCCCCO)C(=O)[C@@H]2[C@@H](C(=O)OCC)[C@H]3CCC12S3. The molecule has 3 heterocycles. The van der Waals surface area contributed by atoms with Crippen molar-refractivity contribution in [3.63, 3.8) is 0 Å². The molecular weight excluding hydrogens is 392 g/mol. The van der Waals surface area contributed by atoms with Crippen LogP contribution in [0.4, 0.5) is 0 Å². The molecule has 3 saturated heterocycles. The molecule has 2 N–H and O–H groups in total. The number of nitrogens with zero attached hydrogens (tertiary/aromatic N) is 1. The predicted octanol–water partition coefficient (Wildman–Crippen LogP) is 1.72. The van der Waals surface area contributed by atoms with Gasteiger partial charge in [-0.25, -0.2) is 0 Å². The smallest absolute Gasteiger partial charge is 0.310 e. The Morgan fingerprint density at radius 3 is 2.76 bits per heavy atom. The van der Waals surface area contributed by atoms with Crippen molar-refractivity contribution in [2.75, 3.05) is 26.3 Å². The van der Waals surface area contributed by atoms with Crippen LogP contribution in [0.3, 0.4) is 0 Å². The van der Waals surface area contributed by atoms with Crippen LogP contribution in [0, 0.1) is 11.8 Å². The molecule has 3 aliphatic rings. The summed E-state index contributed by atoms with van der Waals surface area (Å²) in [6.45, 7) is 5.38. The average Bonchev–Trinajstić information content (AvgIpc) is 3.33. The Kier molecular flexibility index (Phi) is 7.48. The number of hydrogen-bond donors (Lipinski definition) is 2. The first-order chi connectivity index (χ1) is 14.0. The van der Waals surface area contributed by atoms with Gasteiger partial charge in [-0.3, -0.25) is 14.4 Å². The lowest BCUT2D eigenvalue weighted by Gasteiger charge is -2.34. The molecule has 5 atom stereocenters. The Morgan fingerprint density at radius 1 is 1.28 bits per heavy atom. The lowest BCUT2D eigenvalue weighted by atomic mass is 9.71. The van der Waals surface area contributed by atoms with Crippen molar-refractivity contribution in [1.29, 1.82) is 0 Å². The molecule has 29 heavy (non-hydrogen) atoms. The van der Waals surface area contributed by atoms with Crippen LogP contribution in [-0.4, -0.2) is 70.1 Å². The maximum atomic E-state index is 13.5. The molecule has 2 unspecified atom stereocenters. The first-order valence-electron chi connectivity index (χ1n) is 11.0. The van der Waals surface area contributed by atoms with E-state index in [1.54, 1.807) is 23.6 Å². The van der Waals surface area contributed by atoms with Gasteiger partial charge >= 0.3 is 5.97 Å². The van der Waals surface area contributed by atoms with Crippen LogP contribution in [0.5, 0.6) is 0 Å². The third kappa shape index (κ3) is 4.02. The summed E-state index contributed by atoms with van der Waals surface area (Å²) in [6, 6.07) is -0.527. The van der Waals surface area contributed by atoms with E-state index in [-0.39, 0.29) is 29.6 Å². The van der Waals surface area contributed by atoms with E-state index >= 15 is 0 Å². The van der Waals surface area contributed by atoms with E-state index in [2.05, 4.69) is 12.2 Å². The van der Waals surface area contributed by atoms with Crippen LogP contribution in [0.2, 0.25) is 0 Å². The van der Waals surface area contributed by atoms with Crippen molar-refractivity contribution in [3.05, 3.63) is 0 Å². The fourth-order valence-electron chi connectivity index (χ4n) is 5.26. The summed E-state index contributed by atoms with van der Waals surface area (Å²) in [6.07, 6.45) is 5.75. The Balaban J connectivity index is 1.85. The number of nitrogens with one attached hydrogen (secondary N) is 1. The number of hydrogen-bond acceptors (Lipinski definition) is 6. The lowest BCUT2D eigenvalue weighted by molar-refractivity contribution is -0.153. The second kappa shape index (κ2) is 9.69. The summed E-state index contributed by atoms with van der Waals surface area (Å²) >= 11 is 1.67. The van der Waals surface area contributed by atoms with Crippen LogP contribution < -0.4 is 5.32 Å². The van der Waals surface area contributed by atoms with E-state index in [0.717, 1.165) is 38.5 Å². The van der Waals surface area contributed by atoms with Crippen molar-refractivity contribution >= 4 is 29.5 Å². The number of unbranched alkanes of at least 4 members (excludes halogenated alkanes) is 3. The van der Waals surface area contributed by atoms with Crippen molar-refractivity contribution in [1.82, 2.24) is 10.2 Å². The van der Waals surface area contributed by atoms with Gasteiger partial charge in [0.25, 0.3) is 0 Å². The predicted molar refractivity (Wildman–Crippen MR) is 111 cm³/mol. The van der Waals surface area contributed by atoms with Crippen LogP contribution in [-0.2, 0) is 19.1 Å². The summed E-state index contributed by atoms with van der Waals surface area (Å²) in [5.74, 6) is -1.37. The van der Waals surface area contributed by atoms with Gasteiger partial charge in [0.2, 0.25) is 11.8 Å².